The minimum atomic E-state index is -1.45. The molecular weight excluding hydrogens is 552 g/mol. The average molecular weight is 587 g/mol. The van der Waals surface area contributed by atoms with Crippen LogP contribution in [0.1, 0.15) is 43.7 Å². The first-order valence-electron chi connectivity index (χ1n) is 13.2. The second kappa shape index (κ2) is 14.8. The summed E-state index contributed by atoms with van der Waals surface area (Å²) in [4.78, 5) is 67.5. The van der Waals surface area contributed by atoms with Crippen LogP contribution in [0.25, 0.3) is 0 Å². The Kier molecular flexibility index (Phi) is 11.2. The van der Waals surface area contributed by atoms with Crippen LogP contribution in [0, 0.1) is 11.8 Å². The van der Waals surface area contributed by atoms with Gasteiger partial charge in [0.2, 0.25) is 6.79 Å². The number of ether oxygens (including phenoxy) is 6. The molecule has 226 valence electrons. The molecule has 1 N–H and O–H groups in total. The number of hydrogen-bond donors (Lipinski definition) is 1. The molecule has 0 unspecified atom stereocenters. The maximum absolute atomic E-state index is 13.4. The summed E-state index contributed by atoms with van der Waals surface area (Å²) in [6, 6.07) is 9.02. The number of hydrogen-bond acceptors (Lipinski definition) is 12. The van der Waals surface area contributed by atoms with Gasteiger partial charge in [0.25, 0.3) is 5.91 Å². The highest BCUT2D eigenvalue weighted by atomic mass is 16.7. The SMILES string of the molecule is COc1ccnc(C(=O)N[C@H]2COC(=O)[C@H](Cc3ccccc3)[C@@H](OC(=O)C(C)C)[C@H](C)OC2=O)c1OCOC(C)=O. The summed E-state index contributed by atoms with van der Waals surface area (Å²) >= 11 is 0. The molecule has 2 heterocycles. The molecule has 0 bridgehead atoms. The number of aromatic nitrogens is 1. The third-order valence-corrected chi connectivity index (χ3v) is 6.24. The molecule has 13 nitrogen and oxygen atoms in total. The van der Waals surface area contributed by atoms with Crippen LogP contribution in [-0.2, 0) is 44.5 Å². The fraction of sp³-hybridized carbons (Fsp3) is 0.448. The van der Waals surface area contributed by atoms with E-state index < -0.39 is 73.3 Å². The Balaban J connectivity index is 1.87. The number of esters is 4. The zero-order valence-corrected chi connectivity index (χ0v) is 24.0. The van der Waals surface area contributed by atoms with Gasteiger partial charge in [-0.15, -0.1) is 0 Å². The van der Waals surface area contributed by atoms with Crippen molar-refractivity contribution >= 4 is 29.8 Å². The van der Waals surface area contributed by atoms with Crippen molar-refractivity contribution in [3.63, 3.8) is 0 Å². The summed E-state index contributed by atoms with van der Waals surface area (Å²) in [5.74, 6) is -5.31. The molecule has 4 atom stereocenters. The van der Waals surface area contributed by atoms with E-state index >= 15 is 0 Å². The van der Waals surface area contributed by atoms with Crippen molar-refractivity contribution in [1.29, 1.82) is 0 Å². The Morgan fingerprint density at radius 3 is 2.45 bits per heavy atom. The smallest absolute Gasteiger partial charge is 0.332 e. The lowest BCUT2D eigenvalue weighted by atomic mass is 9.91. The van der Waals surface area contributed by atoms with E-state index in [4.69, 9.17) is 28.4 Å². The van der Waals surface area contributed by atoms with E-state index in [1.807, 2.05) is 18.2 Å². The zero-order valence-electron chi connectivity index (χ0n) is 24.0. The Morgan fingerprint density at radius 2 is 1.81 bits per heavy atom. The highest BCUT2D eigenvalue weighted by Crippen LogP contribution is 2.30. The van der Waals surface area contributed by atoms with Crippen LogP contribution in [0.15, 0.2) is 42.6 Å². The first-order chi connectivity index (χ1) is 20.0. The molecule has 1 amide bonds. The number of nitrogens with zero attached hydrogens (tertiary/aromatic N) is 1. The van der Waals surface area contributed by atoms with Gasteiger partial charge in [-0.1, -0.05) is 44.2 Å². The summed E-state index contributed by atoms with van der Waals surface area (Å²) < 4.78 is 32.1. The summed E-state index contributed by atoms with van der Waals surface area (Å²) in [6.07, 6.45) is -0.813. The number of nitrogens with one attached hydrogen (secondary N) is 1. The fourth-order valence-corrected chi connectivity index (χ4v) is 4.04. The maximum Gasteiger partial charge on any atom is 0.332 e. The quantitative estimate of drug-likeness (QED) is 0.245. The van der Waals surface area contributed by atoms with Gasteiger partial charge in [0.1, 0.15) is 18.6 Å². The number of methoxy groups -OCH3 is 1. The number of rotatable bonds is 10. The summed E-state index contributed by atoms with van der Waals surface area (Å²) in [6.45, 7) is 4.86. The summed E-state index contributed by atoms with van der Waals surface area (Å²) in [5.41, 5.74) is 0.484. The minimum Gasteiger partial charge on any atom is -0.493 e. The highest BCUT2D eigenvalue weighted by molar-refractivity contribution is 5.98. The fourth-order valence-electron chi connectivity index (χ4n) is 4.04. The van der Waals surface area contributed by atoms with Crippen LogP contribution in [0.5, 0.6) is 11.5 Å². The molecule has 13 heteroatoms. The normalized spacial score (nSPS) is 20.6. The topological polar surface area (TPSA) is 166 Å². The van der Waals surface area contributed by atoms with Crippen molar-refractivity contribution in [1.82, 2.24) is 10.3 Å². The molecule has 1 fully saturated rings. The van der Waals surface area contributed by atoms with E-state index in [-0.39, 0.29) is 23.6 Å². The molecule has 0 radical (unpaired) electrons. The predicted molar refractivity (Wildman–Crippen MR) is 144 cm³/mol. The molecule has 1 aromatic carbocycles. The lowest BCUT2D eigenvalue weighted by Crippen LogP contribution is -2.47. The highest BCUT2D eigenvalue weighted by Gasteiger charge is 2.42. The third-order valence-electron chi connectivity index (χ3n) is 6.24. The molecule has 42 heavy (non-hydrogen) atoms. The predicted octanol–water partition coefficient (Wildman–Crippen LogP) is 2.00. The Morgan fingerprint density at radius 1 is 1.10 bits per heavy atom. The second-order valence-corrected chi connectivity index (χ2v) is 9.74. The van der Waals surface area contributed by atoms with Crippen LogP contribution in [0.4, 0.5) is 0 Å². The van der Waals surface area contributed by atoms with Crippen LogP contribution in [0.2, 0.25) is 0 Å². The first kappa shape index (κ1) is 31.8. The molecule has 1 aliphatic rings. The van der Waals surface area contributed by atoms with Crippen LogP contribution < -0.4 is 14.8 Å². The van der Waals surface area contributed by atoms with E-state index in [0.717, 1.165) is 5.56 Å². The van der Waals surface area contributed by atoms with E-state index in [1.54, 1.807) is 26.0 Å². The van der Waals surface area contributed by atoms with Crippen LogP contribution in [0.3, 0.4) is 0 Å². The van der Waals surface area contributed by atoms with Gasteiger partial charge in [0.15, 0.2) is 29.3 Å². The van der Waals surface area contributed by atoms with Crippen molar-refractivity contribution in [2.45, 2.75) is 52.4 Å². The van der Waals surface area contributed by atoms with E-state index in [1.165, 1.54) is 33.2 Å². The number of benzene rings is 1. The minimum absolute atomic E-state index is 0.109. The van der Waals surface area contributed by atoms with Crippen LogP contribution in [-0.4, -0.2) is 73.5 Å². The van der Waals surface area contributed by atoms with Gasteiger partial charge in [-0.2, -0.15) is 0 Å². The molecule has 0 spiro atoms. The van der Waals surface area contributed by atoms with Crippen molar-refractivity contribution in [2.75, 3.05) is 20.5 Å². The Bertz CT molecular complexity index is 1280. The van der Waals surface area contributed by atoms with Gasteiger partial charge in [0, 0.05) is 19.2 Å². The lowest BCUT2D eigenvalue weighted by molar-refractivity contribution is -0.176. The number of cyclic esters (lactones) is 2. The Hall–Kier alpha value is -4.68. The van der Waals surface area contributed by atoms with Gasteiger partial charge >= 0.3 is 23.9 Å². The van der Waals surface area contributed by atoms with Crippen molar-refractivity contribution < 1.29 is 52.4 Å². The third kappa shape index (κ3) is 8.41. The maximum atomic E-state index is 13.4. The Labute approximate surface area is 242 Å². The zero-order chi connectivity index (χ0) is 30.8. The number of carbonyl (C=O) groups is 5. The van der Waals surface area contributed by atoms with Crippen molar-refractivity contribution in [2.24, 2.45) is 11.8 Å². The van der Waals surface area contributed by atoms with Gasteiger partial charge < -0.3 is 33.7 Å². The van der Waals surface area contributed by atoms with E-state index in [2.05, 4.69) is 10.3 Å². The van der Waals surface area contributed by atoms with E-state index in [9.17, 15) is 24.0 Å². The van der Waals surface area contributed by atoms with Gasteiger partial charge in [0.05, 0.1) is 13.0 Å². The molecule has 1 aliphatic heterocycles. The van der Waals surface area contributed by atoms with Crippen molar-refractivity contribution in [3.8, 4) is 11.5 Å². The lowest BCUT2D eigenvalue weighted by Gasteiger charge is -2.29. The van der Waals surface area contributed by atoms with Crippen LogP contribution >= 0.6 is 0 Å². The van der Waals surface area contributed by atoms with Gasteiger partial charge in [-0.3, -0.25) is 19.2 Å². The molecule has 1 aromatic heterocycles. The molecule has 0 saturated carbocycles. The summed E-state index contributed by atoms with van der Waals surface area (Å²) in [7, 11) is 1.33. The largest absolute Gasteiger partial charge is 0.493 e. The molecular formula is C29H34N2O11. The molecule has 1 saturated heterocycles. The average Bonchev–Trinajstić information content (AvgIpc) is 2.99. The number of amides is 1. The summed E-state index contributed by atoms with van der Waals surface area (Å²) in [5, 5.41) is 2.45. The molecule has 3 rings (SSSR count). The standard InChI is InChI=1S/C29H34N2O11/c1-16(2)27(34)42-24-17(3)41-29(36)21(14-38-28(35)20(24)13-19-9-7-6-8-10-19)31-26(33)23-25(40-15-39-18(4)32)22(37-5)11-12-30-23/h6-12,16-17,20-21,24H,13-15H2,1-5H3,(H,31,33)/t17-,20+,21-,24-/m0/s1. The second-order valence-electron chi connectivity index (χ2n) is 9.74. The van der Waals surface area contributed by atoms with E-state index in [0.29, 0.717) is 0 Å². The molecule has 0 aliphatic carbocycles. The number of carbonyl (C=O) groups excluding carboxylic acids is 5. The van der Waals surface area contributed by atoms with Gasteiger partial charge in [-0.25, -0.2) is 9.78 Å². The number of pyridine rings is 1. The van der Waals surface area contributed by atoms with Gasteiger partial charge in [-0.05, 0) is 18.9 Å². The monoisotopic (exact) mass is 586 g/mol. The van der Waals surface area contributed by atoms with Crippen molar-refractivity contribution in [3.05, 3.63) is 53.9 Å². The first-order valence-corrected chi connectivity index (χ1v) is 13.2. The molecule has 2 aromatic rings.